The van der Waals surface area contributed by atoms with Gasteiger partial charge in [-0.25, -0.2) is 8.78 Å². The lowest BCUT2D eigenvalue weighted by Gasteiger charge is -2.36. The Morgan fingerprint density at radius 1 is 0.735 bits per heavy atom. The second kappa shape index (κ2) is 13.7. The lowest BCUT2D eigenvalue weighted by atomic mass is 9.73. The first-order chi connectivity index (χ1) is 15.9. The molecule has 5 heteroatoms. The third-order valence-corrected chi connectivity index (χ3v) is 17.8. The molecule has 1 aromatic carbocycles. The van der Waals surface area contributed by atoms with Crippen LogP contribution in [0, 0.1) is 29.4 Å². The number of rotatable bonds is 7. The number of aliphatic hydroxyl groups is 1. The maximum atomic E-state index is 13.3. The zero-order valence-electron chi connectivity index (χ0n) is 22.4. The molecule has 2 saturated carbocycles. The van der Waals surface area contributed by atoms with Crippen LogP contribution in [0.3, 0.4) is 0 Å². The molecular weight excluding hydrogens is 466 g/mol. The Labute approximate surface area is 213 Å². The van der Waals surface area contributed by atoms with E-state index in [-0.39, 0.29) is 6.10 Å². The summed E-state index contributed by atoms with van der Waals surface area (Å²) in [4.78, 5) is 0. The van der Waals surface area contributed by atoms with E-state index in [1.807, 2.05) is 0 Å². The van der Waals surface area contributed by atoms with Gasteiger partial charge in [0.15, 0.2) is 7.38 Å². The molecule has 0 unspecified atom stereocenters. The van der Waals surface area contributed by atoms with Crippen molar-refractivity contribution in [1.29, 1.82) is 0 Å². The lowest BCUT2D eigenvalue weighted by Crippen LogP contribution is -2.37. The Morgan fingerprint density at radius 2 is 1.12 bits per heavy atom. The van der Waals surface area contributed by atoms with Gasteiger partial charge in [0.25, 0.3) is 0 Å². The fraction of sp³-hybridized carbons (Fsp3) is 0.793. The molecule has 2 aliphatic carbocycles. The van der Waals surface area contributed by atoms with E-state index in [1.165, 1.54) is 57.1 Å². The van der Waals surface area contributed by atoms with Gasteiger partial charge in [-0.2, -0.15) is 11.1 Å². The fourth-order valence-corrected chi connectivity index (χ4v) is 10.6. The van der Waals surface area contributed by atoms with Crippen LogP contribution in [0.25, 0.3) is 0 Å². The highest BCUT2D eigenvalue weighted by Gasteiger charge is 2.41. The molecule has 196 valence electrons. The molecule has 2 fully saturated rings. The summed E-state index contributed by atoms with van der Waals surface area (Å²) in [6.07, 6.45) is 11.2. The highest BCUT2D eigenvalue weighted by atomic mass is 35.6. The van der Waals surface area contributed by atoms with Gasteiger partial charge in [-0.15, -0.1) is 0 Å². The van der Waals surface area contributed by atoms with Crippen LogP contribution in [0.15, 0.2) is 18.2 Å². The van der Waals surface area contributed by atoms with Gasteiger partial charge in [-0.05, 0) is 103 Å². The molecule has 0 radical (unpaired) electrons. The highest BCUT2D eigenvalue weighted by molar-refractivity contribution is 7.22. The highest BCUT2D eigenvalue weighted by Crippen LogP contribution is 2.44. The smallest absolute Gasteiger partial charge is 0.164 e. The minimum absolute atomic E-state index is 0.0614. The van der Waals surface area contributed by atoms with Gasteiger partial charge >= 0.3 is 0 Å². The summed E-state index contributed by atoms with van der Waals surface area (Å²) < 4.78 is 26.5. The molecule has 3 rings (SSSR count). The standard InChI is InChI=1S/C20H28F2O.C9H21ClSi/c21-18-11-17(12-19(22)13-18)10-15-3-1-14(2-4-15)9-16-5-7-20(23)8-6-16;1-7(2)11(10,8(3)4)9(5)6/h11-16,20,23H,1-10H2;7-9H,1-6H3. The van der Waals surface area contributed by atoms with Crippen LogP contribution in [-0.4, -0.2) is 18.6 Å². The Balaban J connectivity index is 0.000000316. The zero-order valence-corrected chi connectivity index (χ0v) is 24.2. The van der Waals surface area contributed by atoms with Crippen molar-refractivity contribution in [3.8, 4) is 0 Å². The van der Waals surface area contributed by atoms with E-state index in [2.05, 4.69) is 41.5 Å². The number of aliphatic hydroxyl groups excluding tert-OH is 1. The van der Waals surface area contributed by atoms with Crippen LogP contribution in [0.5, 0.6) is 0 Å². The molecule has 0 bridgehead atoms. The molecule has 1 N–H and O–H groups in total. The maximum absolute atomic E-state index is 13.3. The van der Waals surface area contributed by atoms with Gasteiger partial charge in [0, 0.05) is 6.07 Å². The molecule has 1 nitrogen and oxygen atoms in total. The van der Waals surface area contributed by atoms with E-state index in [9.17, 15) is 13.9 Å². The Kier molecular flexibility index (Phi) is 12.0. The predicted molar refractivity (Wildman–Crippen MR) is 145 cm³/mol. The predicted octanol–water partition coefficient (Wildman–Crippen LogP) is 9.66. The lowest BCUT2D eigenvalue weighted by molar-refractivity contribution is 0.0968. The van der Waals surface area contributed by atoms with Gasteiger partial charge in [0.2, 0.25) is 0 Å². The summed E-state index contributed by atoms with van der Waals surface area (Å²) in [7, 11) is -1.51. The summed E-state index contributed by atoms with van der Waals surface area (Å²) in [5, 5.41) is 9.59. The van der Waals surface area contributed by atoms with Crippen molar-refractivity contribution in [2.45, 2.75) is 128 Å². The van der Waals surface area contributed by atoms with E-state index in [0.29, 0.717) is 22.5 Å². The van der Waals surface area contributed by atoms with Crippen molar-refractivity contribution in [2.75, 3.05) is 0 Å². The largest absolute Gasteiger partial charge is 0.393 e. The Morgan fingerprint density at radius 3 is 1.50 bits per heavy atom. The van der Waals surface area contributed by atoms with Gasteiger partial charge in [-0.1, -0.05) is 54.4 Å². The first kappa shape index (κ1) is 29.8. The molecule has 2 aliphatic rings. The van der Waals surface area contributed by atoms with E-state index in [1.54, 1.807) is 0 Å². The summed E-state index contributed by atoms with van der Waals surface area (Å²) in [5.74, 6) is 1.26. The Hall–Kier alpha value is -0.453. The quantitative estimate of drug-likeness (QED) is 0.283. The van der Waals surface area contributed by atoms with E-state index >= 15 is 0 Å². The van der Waals surface area contributed by atoms with E-state index in [4.69, 9.17) is 11.1 Å². The topological polar surface area (TPSA) is 20.2 Å². The van der Waals surface area contributed by atoms with Crippen LogP contribution in [0.1, 0.15) is 105 Å². The molecule has 0 heterocycles. The molecular formula is C29H49ClF2OSi. The van der Waals surface area contributed by atoms with Crippen LogP contribution in [0.4, 0.5) is 8.78 Å². The third kappa shape index (κ3) is 8.89. The monoisotopic (exact) mass is 514 g/mol. The first-order valence-corrected chi connectivity index (χ1v) is 17.0. The Bertz CT molecular complexity index is 681. The van der Waals surface area contributed by atoms with Crippen LogP contribution >= 0.6 is 11.1 Å². The second-order valence-corrected chi connectivity index (χ2v) is 19.2. The summed E-state index contributed by atoms with van der Waals surface area (Å²) >= 11 is 6.68. The zero-order chi connectivity index (χ0) is 25.5. The van der Waals surface area contributed by atoms with E-state index < -0.39 is 19.0 Å². The molecule has 1 aromatic rings. The molecule has 0 saturated heterocycles. The van der Waals surface area contributed by atoms with Crippen molar-refractivity contribution >= 4 is 18.5 Å². The normalized spacial score (nSPS) is 26.0. The van der Waals surface area contributed by atoms with Crippen LogP contribution < -0.4 is 0 Å². The molecule has 0 aromatic heterocycles. The van der Waals surface area contributed by atoms with Crippen molar-refractivity contribution < 1.29 is 13.9 Å². The van der Waals surface area contributed by atoms with Crippen molar-refractivity contribution in [3.05, 3.63) is 35.4 Å². The average molecular weight is 515 g/mol. The van der Waals surface area contributed by atoms with Gasteiger partial charge in [0.05, 0.1) is 6.10 Å². The average Bonchev–Trinajstić information content (AvgIpc) is 2.75. The van der Waals surface area contributed by atoms with Crippen LogP contribution in [-0.2, 0) is 6.42 Å². The second-order valence-electron chi connectivity index (χ2n) is 12.1. The maximum Gasteiger partial charge on any atom is 0.164 e. The third-order valence-electron chi connectivity index (χ3n) is 8.55. The van der Waals surface area contributed by atoms with E-state index in [0.717, 1.165) is 42.7 Å². The van der Waals surface area contributed by atoms with Crippen molar-refractivity contribution in [2.24, 2.45) is 17.8 Å². The molecule has 0 atom stereocenters. The first-order valence-electron chi connectivity index (χ1n) is 13.7. The SMILES string of the molecule is CC(C)[Si](Cl)(C(C)C)C(C)C.OC1CCC(CC2CCC(Cc3cc(F)cc(F)c3)CC2)CC1. The summed E-state index contributed by atoms with van der Waals surface area (Å²) in [6.45, 7) is 13.6. The molecule has 34 heavy (non-hydrogen) atoms. The number of halogens is 3. The molecule has 0 spiro atoms. The van der Waals surface area contributed by atoms with Crippen molar-refractivity contribution in [3.63, 3.8) is 0 Å². The summed E-state index contributed by atoms with van der Waals surface area (Å²) in [5.41, 5.74) is 2.85. The molecule has 0 amide bonds. The van der Waals surface area contributed by atoms with Gasteiger partial charge in [-0.3, -0.25) is 0 Å². The van der Waals surface area contributed by atoms with Crippen LogP contribution in [0.2, 0.25) is 16.6 Å². The minimum atomic E-state index is -1.51. The van der Waals surface area contributed by atoms with Crippen molar-refractivity contribution in [1.82, 2.24) is 0 Å². The molecule has 0 aliphatic heterocycles. The fourth-order valence-electron chi connectivity index (χ4n) is 6.59. The number of hydrogen-bond acceptors (Lipinski definition) is 1. The van der Waals surface area contributed by atoms with Gasteiger partial charge in [0.1, 0.15) is 11.6 Å². The van der Waals surface area contributed by atoms with Gasteiger partial charge < -0.3 is 5.11 Å². The minimum Gasteiger partial charge on any atom is -0.393 e. The summed E-state index contributed by atoms with van der Waals surface area (Å²) in [6, 6.07) is 3.90. The number of benzene rings is 1. The number of hydrogen-bond donors (Lipinski definition) is 1.